The molecular formula is C20H18ClN5O. The van der Waals surface area contributed by atoms with Gasteiger partial charge in [0, 0.05) is 22.8 Å². The van der Waals surface area contributed by atoms with Gasteiger partial charge in [-0.05, 0) is 43.7 Å². The molecule has 3 rings (SSSR count). The van der Waals surface area contributed by atoms with E-state index in [4.69, 9.17) is 21.6 Å². The van der Waals surface area contributed by atoms with Crippen molar-refractivity contribution in [3.63, 3.8) is 0 Å². The Balaban J connectivity index is 1.90. The largest absolute Gasteiger partial charge is 0.495 e. The summed E-state index contributed by atoms with van der Waals surface area (Å²) in [6, 6.07) is 14.8. The molecule has 0 aliphatic rings. The molecule has 0 aliphatic heterocycles. The minimum Gasteiger partial charge on any atom is -0.495 e. The number of hydrogen-bond donors (Lipinski definition) is 2. The molecule has 27 heavy (non-hydrogen) atoms. The van der Waals surface area contributed by atoms with Crippen molar-refractivity contribution >= 4 is 34.6 Å². The summed E-state index contributed by atoms with van der Waals surface area (Å²) in [6.45, 7) is 3.74. The number of anilines is 4. The molecule has 0 bridgehead atoms. The summed E-state index contributed by atoms with van der Waals surface area (Å²) in [4.78, 5) is 8.83. The van der Waals surface area contributed by atoms with Gasteiger partial charge in [-0.15, -0.1) is 0 Å². The number of aromatic nitrogens is 2. The number of nitrogens with one attached hydrogen (secondary N) is 2. The summed E-state index contributed by atoms with van der Waals surface area (Å²) in [5.41, 5.74) is 3.04. The van der Waals surface area contributed by atoms with E-state index in [1.807, 2.05) is 32.0 Å². The van der Waals surface area contributed by atoms with E-state index in [9.17, 15) is 0 Å². The smallest absolute Gasteiger partial charge is 0.143 e. The van der Waals surface area contributed by atoms with E-state index in [-0.39, 0.29) is 0 Å². The highest BCUT2D eigenvalue weighted by Gasteiger charge is 2.10. The van der Waals surface area contributed by atoms with Crippen LogP contribution in [0.2, 0.25) is 5.02 Å². The van der Waals surface area contributed by atoms with Gasteiger partial charge in [0.2, 0.25) is 0 Å². The number of benzene rings is 2. The molecule has 0 aliphatic carbocycles. The van der Waals surface area contributed by atoms with Crippen molar-refractivity contribution in [2.75, 3.05) is 17.7 Å². The predicted octanol–water partition coefficient (Wildman–Crippen LogP) is 5.11. The fourth-order valence-electron chi connectivity index (χ4n) is 2.58. The van der Waals surface area contributed by atoms with Crippen LogP contribution in [-0.4, -0.2) is 17.1 Å². The molecule has 1 heterocycles. The molecule has 0 saturated carbocycles. The molecule has 0 fully saturated rings. The first-order valence-electron chi connectivity index (χ1n) is 8.22. The number of halogens is 1. The zero-order chi connectivity index (χ0) is 19.4. The van der Waals surface area contributed by atoms with Crippen molar-refractivity contribution in [3.8, 4) is 11.8 Å². The van der Waals surface area contributed by atoms with E-state index in [1.54, 1.807) is 31.4 Å². The van der Waals surface area contributed by atoms with Gasteiger partial charge in [-0.25, -0.2) is 9.97 Å². The summed E-state index contributed by atoms with van der Waals surface area (Å²) in [6.07, 6.45) is 0. The van der Waals surface area contributed by atoms with Crippen LogP contribution in [0, 0.1) is 25.2 Å². The lowest BCUT2D eigenvalue weighted by Crippen LogP contribution is -2.03. The summed E-state index contributed by atoms with van der Waals surface area (Å²) in [5, 5.41) is 16.1. The van der Waals surface area contributed by atoms with Crippen LogP contribution in [0.3, 0.4) is 0 Å². The predicted molar refractivity (Wildman–Crippen MR) is 107 cm³/mol. The van der Waals surface area contributed by atoms with Crippen LogP contribution >= 0.6 is 11.6 Å². The van der Waals surface area contributed by atoms with Crippen molar-refractivity contribution < 1.29 is 4.74 Å². The number of nitriles is 1. The summed E-state index contributed by atoms with van der Waals surface area (Å²) in [5.74, 6) is 2.45. The fourth-order valence-corrected chi connectivity index (χ4v) is 2.73. The van der Waals surface area contributed by atoms with E-state index < -0.39 is 0 Å². The Morgan fingerprint density at radius 1 is 1.04 bits per heavy atom. The Kier molecular flexibility index (Phi) is 5.43. The zero-order valence-electron chi connectivity index (χ0n) is 15.2. The average Bonchev–Trinajstić information content (AvgIpc) is 2.64. The van der Waals surface area contributed by atoms with Gasteiger partial charge < -0.3 is 15.4 Å². The lowest BCUT2D eigenvalue weighted by atomic mass is 10.2. The quantitative estimate of drug-likeness (QED) is 0.640. The van der Waals surface area contributed by atoms with E-state index in [1.165, 1.54) is 0 Å². The highest BCUT2D eigenvalue weighted by atomic mass is 35.5. The van der Waals surface area contributed by atoms with E-state index in [0.29, 0.717) is 33.8 Å². The maximum Gasteiger partial charge on any atom is 0.143 e. The standard InChI is InChI=1S/C20H18ClN5O/c1-12-7-17(18(27-3)9-16(12)21)26-20-10-19(23-13(2)24-20)25-15-6-4-5-14(8-15)11-22/h4-10H,1-3H3,(H2,23,24,25,26). The SMILES string of the molecule is COc1cc(Cl)c(C)cc1Nc1cc(Nc2cccc(C#N)c2)nc(C)n1. The Bertz CT molecular complexity index is 1030. The number of rotatable bonds is 5. The van der Waals surface area contributed by atoms with Gasteiger partial charge >= 0.3 is 0 Å². The van der Waals surface area contributed by atoms with Crippen LogP contribution < -0.4 is 15.4 Å². The average molecular weight is 380 g/mol. The van der Waals surface area contributed by atoms with E-state index in [2.05, 4.69) is 26.7 Å². The van der Waals surface area contributed by atoms with Crippen molar-refractivity contribution in [2.24, 2.45) is 0 Å². The van der Waals surface area contributed by atoms with Crippen LogP contribution in [0.15, 0.2) is 42.5 Å². The first kappa shape index (κ1) is 18.5. The molecule has 0 unspecified atom stereocenters. The number of ether oxygens (including phenoxy) is 1. The molecular weight excluding hydrogens is 362 g/mol. The Labute approximate surface area is 162 Å². The lowest BCUT2D eigenvalue weighted by molar-refractivity contribution is 0.416. The van der Waals surface area contributed by atoms with Crippen LogP contribution in [0.5, 0.6) is 5.75 Å². The maximum absolute atomic E-state index is 9.04. The fraction of sp³-hybridized carbons (Fsp3) is 0.150. The third-order valence-electron chi connectivity index (χ3n) is 3.85. The van der Waals surface area contributed by atoms with Crippen LogP contribution in [0.4, 0.5) is 23.0 Å². The highest BCUT2D eigenvalue weighted by molar-refractivity contribution is 6.31. The van der Waals surface area contributed by atoms with Gasteiger partial charge in [-0.2, -0.15) is 5.26 Å². The number of hydrogen-bond acceptors (Lipinski definition) is 6. The van der Waals surface area contributed by atoms with Crippen molar-refractivity contribution in [2.45, 2.75) is 13.8 Å². The Morgan fingerprint density at radius 3 is 2.48 bits per heavy atom. The third kappa shape index (κ3) is 4.46. The molecule has 0 atom stereocenters. The van der Waals surface area contributed by atoms with E-state index >= 15 is 0 Å². The normalized spacial score (nSPS) is 10.2. The second-order valence-electron chi connectivity index (χ2n) is 5.93. The summed E-state index contributed by atoms with van der Waals surface area (Å²) in [7, 11) is 1.59. The number of nitrogens with zero attached hydrogens (tertiary/aromatic N) is 3. The van der Waals surface area contributed by atoms with Crippen LogP contribution in [0.1, 0.15) is 17.0 Å². The monoisotopic (exact) mass is 379 g/mol. The summed E-state index contributed by atoms with van der Waals surface area (Å²) < 4.78 is 5.40. The molecule has 136 valence electrons. The third-order valence-corrected chi connectivity index (χ3v) is 4.25. The van der Waals surface area contributed by atoms with Crippen LogP contribution in [0.25, 0.3) is 0 Å². The van der Waals surface area contributed by atoms with Crippen molar-refractivity contribution in [1.82, 2.24) is 9.97 Å². The van der Waals surface area contributed by atoms with Crippen molar-refractivity contribution in [3.05, 3.63) is 64.4 Å². The minimum atomic E-state index is 0.575. The van der Waals surface area contributed by atoms with Crippen molar-refractivity contribution in [1.29, 1.82) is 5.26 Å². The van der Waals surface area contributed by atoms with Gasteiger partial charge in [0.1, 0.15) is 23.2 Å². The zero-order valence-corrected chi connectivity index (χ0v) is 15.9. The molecule has 0 radical (unpaired) electrons. The van der Waals surface area contributed by atoms with E-state index in [0.717, 1.165) is 16.9 Å². The molecule has 0 spiro atoms. The molecule has 7 heteroatoms. The van der Waals surface area contributed by atoms with Gasteiger partial charge in [-0.3, -0.25) is 0 Å². The molecule has 3 aromatic rings. The second kappa shape index (κ2) is 7.94. The lowest BCUT2D eigenvalue weighted by Gasteiger charge is -2.14. The topological polar surface area (TPSA) is 82.9 Å². The molecule has 0 saturated heterocycles. The minimum absolute atomic E-state index is 0.575. The first-order valence-corrected chi connectivity index (χ1v) is 8.60. The molecule has 1 aromatic heterocycles. The van der Waals surface area contributed by atoms with Gasteiger partial charge in [-0.1, -0.05) is 17.7 Å². The van der Waals surface area contributed by atoms with Crippen LogP contribution in [-0.2, 0) is 0 Å². The van der Waals surface area contributed by atoms with Gasteiger partial charge in [0.25, 0.3) is 0 Å². The molecule has 6 nitrogen and oxygen atoms in total. The maximum atomic E-state index is 9.04. The Morgan fingerprint density at radius 2 is 1.78 bits per heavy atom. The Hall–Kier alpha value is -3.30. The van der Waals surface area contributed by atoms with Gasteiger partial charge in [0.05, 0.1) is 24.4 Å². The molecule has 0 amide bonds. The summed E-state index contributed by atoms with van der Waals surface area (Å²) >= 11 is 6.17. The molecule has 2 aromatic carbocycles. The van der Waals surface area contributed by atoms with Gasteiger partial charge in [0.15, 0.2) is 0 Å². The highest BCUT2D eigenvalue weighted by Crippen LogP contribution is 2.33. The second-order valence-corrected chi connectivity index (χ2v) is 6.34. The first-order chi connectivity index (χ1) is 13.0. The number of aryl methyl sites for hydroxylation is 2. The number of methoxy groups -OCH3 is 1. The molecule has 2 N–H and O–H groups in total.